The number of piperazine rings is 1. The van der Waals surface area contributed by atoms with E-state index in [1.54, 1.807) is 11.0 Å². The number of nitrogens with zero attached hydrogens (tertiary/aromatic N) is 3. The molecule has 0 spiro atoms. The van der Waals surface area contributed by atoms with E-state index in [0.717, 1.165) is 17.2 Å². The molecule has 1 fully saturated rings. The zero-order valence-corrected chi connectivity index (χ0v) is 19.2. The summed E-state index contributed by atoms with van der Waals surface area (Å²) in [7, 11) is 0. The Kier molecular flexibility index (Phi) is 6.83. The van der Waals surface area contributed by atoms with Gasteiger partial charge in [0.2, 0.25) is 0 Å². The first-order valence-electron chi connectivity index (χ1n) is 11.1. The smallest absolute Gasteiger partial charge is 0.357 e. The fraction of sp³-hybridized carbons (Fsp3) is 0.280. The second-order valence-electron chi connectivity index (χ2n) is 8.31. The number of hydrogen-bond donors (Lipinski definition) is 2. The predicted octanol–water partition coefficient (Wildman–Crippen LogP) is 4.03. The van der Waals surface area contributed by atoms with Gasteiger partial charge < -0.3 is 15.5 Å². The van der Waals surface area contributed by atoms with Crippen molar-refractivity contribution in [1.29, 1.82) is 0 Å². The van der Waals surface area contributed by atoms with Crippen molar-refractivity contribution < 1.29 is 22.8 Å². The molecular formula is C25H24F3N5O2. The fourth-order valence-electron chi connectivity index (χ4n) is 4.25. The maximum absolute atomic E-state index is 13.6. The van der Waals surface area contributed by atoms with Crippen LogP contribution >= 0.6 is 0 Å². The van der Waals surface area contributed by atoms with Gasteiger partial charge in [-0.15, -0.1) is 5.10 Å². The van der Waals surface area contributed by atoms with E-state index in [1.807, 2.05) is 32.0 Å². The number of amides is 1. The van der Waals surface area contributed by atoms with E-state index < -0.39 is 35.0 Å². The number of para-hydroxylation sites is 1. The Morgan fingerprint density at radius 1 is 1.06 bits per heavy atom. The number of rotatable bonds is 5. The number of alkyl halides is 3. The lowest BCUT2D eigenvalue weighted by Crippen LogP contribution is -2.55. The molecule has 35 heavy (non-hydrogen) atoms. The Morgan fingerprint density at radius 2 is 1.77 bits per heavy atom. The van der Waals surface area contributed by atoms with E-state index >= 15 is 0 Å². The Bertz CT molecular complexity index is 1240. The molecule has 0 saturated carbocycles. The van der Waals surface area contributed by atoms with Crippen LogP contribution in [0.1, 0.15) is 37.5 Å². The summed E-state index contributed by atoms with van der Waals surface area (Å²) < 4.78 is 40.8. The molecule has 7 nitrogen and oxygen atoms in total. The van der Waals surface area contributed by atoms with Gasteiger partial charge in [-0.05, 0) is 37.1 Å². The Hall–Kier alpha value is -3.79. The molecule has 182 valence electrons. The Morgan fingerprint density at radius 3 is 2.49 bits per heavy atom. The van der Waals surface area contributed by atoms with Gasteiger partial charge in [0.25, 0.3) is 5.91 Å². The van der Waals surface area contributed by atoms with Gasteiger partial charge in [0, 0.05) is 30.9 Å². The topological polar surface area (TPSA) is 87.2 Å². The molecule has 1 amide bonds. The van der Waals surface area contributed by atoms with Crippen LogP contribution in [0.3, 0.4) is 0 Å². The minimum absolute atomic E-state index is 0.0149. The van der Waals surface area contributed by atoms with Gasteiger partial charge in [0.05, 0.1) is 17.4 Å². The number of aromatic nitrogens is 2. The standard InChI is InChI=1S/C25H24F3N5O2/c1-15-6-5-7-16(2)21(15)31-24(35)22-19(10-11-30-32-22)33-13-12-29-14-20(33)23(34)17-8-3-4-9-18(17)25(26,27)28/h3-11,20,29H,12-14H2,1-2H3,(H,31,35). The van der Waals surface area contributed by atoms with Crippen molar-refractivity contribution in [3.63, 3.8) is 0 Å². The van der Waals surface area contributed by atoms with E-state index in [2.05, 4.69) is 20.8 Å². The average Bonchev–Trinajstić information content (AvgIpc) is 2.85. The number of anilines is 2. The van der Waals surface area contributed by atoms with Crippen molar-refractivity contribution >= 4 is 23.1 Å². The number of hydrogen-bond acceptors (Lipinski definition) is 6. The summed E-state index contributed by atoms with van der Waals surface area (Å²) in [4.78, 5) is 28.2. The SMILES string of the molecule is Cc1cccc(C)c1NC(=O)c1nnccc1N1CCNCC1C(=O)c1ccccc1C(F)(F)F. The molecule has 0 radical (unpaired) electrons. The summed E-state index contributed by atoms with van der Waals surface area (Å²) in [5.74, 6) is -1.21. The third kappa shape index (κ3) is 5.02. The van der Waals surface area contributed by atoms with Crippen molar-refractivity contribution in [2.75, 3.05) is 29.9 Å². The molecule has 4 rings (SSSR count). The van der Waals surface area contributed by atoms with Crippen LogP contribution in [0, 0.1) is 13.8 Å². The highest BCUT2D eigenvalue weighted by atomic mass is 19.4. The molecule has 2 N–H and O–H groups in total. The largest absolute Gasteiger partial charge is 0.417 e. The van der Waals surface area contributed by atoms with Gasteiger partial charge in [-0.25, -0.2) is 0 Å². The van der Waals surface area contributed by atoms with E-state index in [0.29, 0.717) is 24.5 Å². The van der Waals surface area contributed by atoms with Crippen molar-refractivity contribution in [2.24, 2.45) is 0 Å². The van der Waals surface area contributed by atoms with Gasteiger partial charge >= 0.3 is 6.18 Å². The van der Waals surface area contributed by atoms with E-state index in [1.165, 1.54) is 24.4 Å². The molecule has 0 bridgehead atoms. The molecule has 1 aliphatic heterocycles. The number of halogens is 3. The summed E-state index contributed by atoms with van der Waals surface area (Å²) in [6.45, 7) is 4.61. The maximum Gasteiger partial charge on any atom is 0.417 e. The third-order valence-corrected chi connectivity index (χ3v) is 5.99. The maximum atomic E-state index is 13.6. The van der Waals surface area contributed by atoms with E-state index in [-0.39, 0.29) is 12.2 Å². The minimum atomic E-state index is -4.67. The normalized spacial score (nSPS) is 16.1. The van der Waals surface area contributed by atoms with Crippen molar-refractivity contribution in [3.05, 3.63) is 82.7 Å². The Balaban J connectivity index is 1.70. The van der Waals surface area contributed by atoms with Crippen LogP contribution in [-0.2, 0) is 6.18 Å². The Labute approximate surface area is 200 Å². The van der Waals surface area contributed by atoms with Gasteiger partial charge in [0.1, 0.15) is 6.04 Å². The monoisotopic (exact) mass is 483 g/mol. The molecule has 1 saturated heterocycles. The molecule has 1 atom stereocenters. The lowest BCUT2D eigenvalue weighted by Gasteiger charge is -2.37. The number of nitrogens with one attached hydrogen (secondary N) is 2. The zero-order valence-electron chi connectivity index (χ0n) is 19.2. The summed E-state index contributed by atoms with van der Waals surface area (Å²) in [6, 6.07) is 10.9. The number of aryl methyl sites for hydroxylation is 2. The van der Waals surface area contributed by atoms with Gasteiger partial charge in [-0.1, -0.05) is 36.4 Å². The molecule has 1 aromatic heterocycles. The number of carbonyl (C=O) groups excluding carboxylic acids is 2. The predicted molar refractivity (Wildman–Crippen MR) is 126 cm³/mol. The second kappa shape index (κ2) is 9.83. The van der Waals surface area contributed by atoms with E-state index in [9.17, 15) is 22.8 Å². The quantitative estimate of drug-likeness (QED) is 0.533. The van der Waals surface area contributed by atoms with Crippen LogP contribution in [0.2, 0.25) is 0 Å². The van der Waals surface area contributed by atoms with Crippen LogP contribution < -0.4 is 15.5 Å². The van der Waals surface area contributed by atoms with Gasteiger partial charge in [0.15, 0.2) is 11.5 Å². The van der Waals surface area contributed by atoms with Gasteiger partial charge in [-0.3, -0.25) is 9.59 Å². The summed E-state index contributed by atoms with van der Waals surface area (Å²) >= 11 is 0. The number of ketones is 1. The number of carbonyl (C=O) groups is 2. The summed E-state index contributed by atoms with van der Waals surface area (Å²) in [5, 5.41) is 13.8. The molecule has 2 aromatic carbocycles. The molecule has 2 heterocycles. The van der Waals surface area contributed by atoms with Crippen LogP contribution in [0.5, 0.6) is 0 Å². The first-order chi connectivity index (χ1) is 16.7. The lowest BCUT2D eigenvalue weighted by atomic mass is 9.95. The highest BCUT2D eigenvalue weighted by Gasteiger charge is 2.39. The zero-order chi connectivity index (χ0) is 25.2. The first-order valence-corrected chi connectivity index (χ1v) is 11.1. The van der Waals surface area contributed by atoms with Gasteiger partial charge in [-0.2, -0.15) is 18.3 Å². The van der Waals surface area contributed by atoms with Crippen LogP contribution in [0.15, 0.2) is 54.7 Å². The molecule has 1 aliphatic rings. The highest BCUT2D eigenvalue weighted by Crippen LogP contribution is 2.33. The molecule has 3 aromatic rings. The minimum Gasteiger partial charge on any atom is -0.357 e. The first kappa shape index (κ1) is 24.3. The van der Waals surface area contributed by atoms with Crippen molar-refractivity contribution in [2.45, 2.75) is 26.1 Å². The average molecular weight is 483 g/mol. The number of benzene rings is 2. The van der Waals surface area contributed by atoms with Crippen LogP contribution in [0.25, 0.3) is 0 Å². The number of Topliss-reactive ketones (excluding diaryl/α,β-unsaturated/α-hetero) is 1. The fourth-order valence-corrected chi connectivity index (χ4v) is 4.25. The summed E-state index contributed by atoms with van der Waals surface area (Å²) in [6.07, 6.45) is -3.29. The third-order valence-electron chi connectivity index (χ3n) is 5.99. The van der Waals surface area contributed by atoms with Crippen LogP contribution in [-0.4, -0.2) is 47.6 Å². The molecule has 1 unspecified atom stereocenters. The van der Waals surface area contributed by atoms with Crippen molar-refractivity contribution in [3.8, 4) is 0 Å². The molecule has 0 aliphatic carbocycles. The van der Waals surface area contributed by atoms with Crippen LogP contribution in [0.4, 0.5) is 24.5 Å². The second-order valence-corrected chi connectivity index (χ2v) is 8.31. The lowest BCUT2D eigenvalue weighted by molar-refractivity contribution is -0.137. The highest BCUT2D eigenvalue weighted by molar-refractivity contribution is 6.09. The molecular weight excluding hydrogens is 459 g/mol. The summed E-state index contributed by atoms with van der Waals surface area (Å²) in [5.41, 5.74) is 1.28. The van der Waals surface area contributed by atoms with E-state index in [4.69, 9.17) is 0 Å². The van der Waals surface area contributed by atoms with Crippen molar-refractivity contribution in [1.82, 2.24) is 15.5 Å². The molecule has 10 heteroatoms.